The summed E-state index contributed by atoms with van der Waals surface area (Å²) in [5.41, 5.74) is 4.21. The Kier molecular flexibility index (Phi) is 7.58. The number of carbonyl (C=O) groups excluding carboxylic acids is 1. The predicted molar refractivity (Wildman–Crippen MR) is 144 cm³/mol. The average Bonchev–Trinajstić information content (AvgIpc) is 2.82. The Morgan fingerprint density at radius 3 is 2.59 bits per heavy atom. The monoisotopic (exact) mass is 547 g/mol. The third kappa shape index (κ3) is 4.83. The number of halogens is 1. The Morgan fingerprint density at radius 1 is 1.16 bits per heavy atom. The standard InChI is InChI=1S/C26H21ClN2O6S.Na/c1-3-35-26(31)23-21-16-7-5-4-6-14(16)11-17-19(10-13(2)24(22(17)21)29-25(23)30)28-18-9-8-15(27)12-20(18)36(32,33)34;/h4-10,12,28H,3,11H2,1-2H3,(H,29,30)(H,32,33,34);. The zero-order valence-corrected chi connectivity index (χ0v) is 23.9. The number of carbonyl (C=O) groups is 1. The zero-order chi connectivity index (χ0) is 25.8. The maximum absolute atomic E-state index is 13.1. The number of aromatic nitrogens is 1. The van der Waals surface area contributed by atoms with Gasteiger partial charge in [0.2, 0.25) is 0 Å². The summed E-state index contributed by atoms with van der Waals surface area (Å²) in [6.45, 7) is 3.59. The largest absolute Gasteiger partial charge is 0.462 e. The van der Waals surface area contributed by atoms with Crippen molar-refractivity contribution in [3.8, 4) is 11.1 Å². The Bertz CT molecular complexity index is 1750. The fraction of sp³-hybridized carbons (Fsp3) is 0.154. The Labute approximate surface area is 240 Å². The summed E-state index contributed by atoms with van der Waals surface area (Å²) in [6.07, 6.45) is 0.450. The van der Waals surface area contributed by atoms with Crippen molar-refractivity contribution in [2.24, 2.45) is 0 Å². The minimum absolute atomic E-state index is 0. The number of benzene rings is 3. The van der Waals surface area contributed by atoms with Crippen LogP contribution in [0.5, 0.6) is 0 Å². The van der Waals surface area contributed by atoms with Crippen molar-refractivity contribution in [2.45, 2.75) is 25.2 Å². The van der Waals surface area contributed by atoms with Crippen LogP contribution in [0.15, 0.2) is 58.2 Å². The molecule has 4 aromatic rings. The van der Waals surface area contributed by atoms with E-state index in [-0.39, 0.29) is 57.3 Å². The Balaban J connectivity index is 0.00000320. The van der Waals surface area contributed by atoms with E-state index in [0.29, 0.717) is 34.1 Å². The van der Waals surface area contributed by atoms with Gasteiger partial charge >= 0.3 is 5.97 Å². The molecule has 11 heteroatoms. The number of nitrogens with one attached hydrogen (secondary N) is 2. The molecule has 0 amide bonds. The quantitative estimate of drug-likeness (QED) is 0.163. The van der Waals surface area contributed by atoms with Crippen LogP contribution in [0.3, 0.4) is 0 Å². The van der Waals surface area contributed by atoms with Crippen molar-refractivity contribution in [3.63, 3.8) is 0 Å². The first-order chi connectivity index (χ1) is 17.1. The van der Waals surface area contributed by atoms with Crippen molar-refractivity contribution in [1.82, 2.24) is 4.98 Å². The number of aromatic amines is 1. The second-order valence-electron chi connectivity index (χ2n) is 8.47. The average molecular weight is 548 g/mol. The molecule has 0 spiro atoms. The first-order valence-electron chi connectivity index (χ1n) is 11.1. The third-order valence-corrected chi connectivity index (χ3v) is 7.35. The number of pyridine rings is 1. The molecule has 1 heterocycles. The first kappa shape index (κ1) is 27.4. The van der Waals surface area contributed by atoms with Gasteiger partial charge in [0, 0.05) is 57.6 Å². The number of anilines is 2. The molecule has 1 aliphatic carbocycles. The molecule has 0 aliphatic heterocycles. The van der Waals surface area contributed by atoms with Crippen LogP contribution in [0.25, 0.3) is 22.0 Å². The number of fused-ring (bicyclic) bond motifs is 2. The molecule has 185 valence electrons. The molecular weight excluding hydrogens is 527 g/mol. The van der Waals surface area contributed by atoms with Gasteiger partial charge in [0.15, 0.2) is 0 Å². The molecular formula is C26H21ClN2NaO6S. The van der Waals surface area contributed by atoms with Gasteiger partial charge < -0.3 is 15.0 Å². The van der Waals surface area contributed by atoms with E-state index in [1.54, 1.807) is 19.9 Å². The molecule has 0 fully saturated rings. The van der Waals surface area contributed by atoms with E-state index in [2.05, 4.69) is 10.3 Å². The van der Waals surface area contributed by atoms with Crippen LogP contribution in [-0.2, 0) is 21.3 Å². The number of hydrogen-bond acceptors (Lipinski definition) is 6. The SMILES string of the molecule is CCOC(=O)c1c2c3c(c(Nc4ccc(Cl)cc4S(=O)(=O)O)cc(C)c3[nH]c1=O)Cc1ccccc1-2.[Na]. The van der Waals surface area contributed by atoms with E-state index in [1.165, 1.54) is 12.1 Å². The Morgan fingerprint density at radius 2 is 1.89 bits per heavy atom. The molecule has 0 saturated heterocycles. The molecule has 8 nitrogen and oxygen atoms in total. The molecule has 0 unspecified atom stereocenters. The number of aryl methyl sites for hydroxylation is 1. The van der Waals surface area contributed by atoms with Crippen LogP contribution < -0.4 is 10.9 Å². The summed E-state index contributed by atoms with van der Waals surface area (Å²) in [5, 5.41) is 3.95. The Hall–Kier alpha value is -2.66. The number of hydrogen-bond donors (Lipinski definition) is 3. The summed E-state index contributed by atoms with van der Waals surface area (Å²) < 4.78 is 39.1. The molecule has 0 saturated carbocycles. The van der Waals surface area contributed by atoms with E-state index in [0.717, 1.165) is 22.8 Å². The van der Waals surface area contributed by atoms with Crippen molar-refractivity contribution >= 4 is 79.5 Å². The van der Waals surface area contributed by atoms with Crippen molar-refractivity contribution in [3.05, 3.63) is 86.2 Å². The normalized spacial score (nSPS) is 12.0. The van der Waals surface area contributed by atoms with Crippen molar-refractivity contribution in [1.29, 1.82) is 0 Å². The maximum atomic E-state index is 13.1. The van der Waals surface area contributed by atoms with E-state index >= 15 is 0 Å². The van der Waals surface area contributed by atoms with Crippen LogP contribution in [0, 0.1) is 6.92 Å². The van der Waals surface area contributed by atoms with Crippen LogP contribution in [-0.4, -0.2) is 60.1 Å². The molecule has 0 atom stereocenters. The number of rotatable bonds is 5. The number of ether oxygens (including phenoxy) is 1. The van der Waals surface area contributed by atoms with Gasteiger partial charge in [-0.3, -0.25) is 9.35 Å². The summed E-state index contributed by atoms with van der Waals surface area (Å²) in [7, 11) is -4.58. The van der Waals surface area contributed by atoms with Crippen molar-refractivity contribution in [2.75, 3.05) is 11.9 Å². The van der Waals surface area contributed by atoms with E-state index in [1.807, 2.05) is 24.3 Å². The van der Waals surface area contributed by atoms with Gasteiger partial charge in [-0.05, 0) is 60.4 Å². The van der Waals surface area contributed by atoms with E-state index in [9.17, 15) is 22.6 Å². The van der Waals surface area contributed by atoms with Crippen molar-refractivity contribution < 1.29 is 22.5 Å². The van der Waals surface area contributed by atoms with Gasteiger partial charge in [-0.15, -0.1) is 0 Å². The van der Waals surface area contributed by atoms with Gasteiger partial charge in [0.25, 0.3) is 15.7 Å². The second-order valence-corrected chi connectivity index (χ2v) is 10.3. The predicted octanol–water partition coefficient (Wildman–Crippen LogP) is 4.85. The maximum Gasteiger partial charge on any atom is 0.344 e. The van der Waals surface area contributed by atoms with Gasteiger partial charge in [-0.2, -0.15) is 8.42 Å². The molecule has 1 radical (unpaired) electrons. The third-order valence-electron chi connectivity index (χ3n) is 6.22. The smallest absolute Gasteiger partial charge is 0.344 e. The van der Waals surface area contributed by atoms with Gasteiger partial charge in [-0.1, -0.05) is 35.9 Å². The minimum Gasteiger partial charge on any atom is -0.462 e. The van der Waals surface area contributed by atoms with Gasteiger partial charge in [-0.25, -0.2) is 4.79 Å². The summed E-state index contributed by atoms with van der Waals surface area (Å²) in [5.74, 6) is -0.722. The van der Waals surface area contributed by atoms with Gasteiger partial charge in [0.05, 0.1) is 17.8 Å². The summed E-state index contributed by atoms with van der Waals surface area (Å²) in [4.78, 5) is 28.5. The molecule has 1 aliphatic rings. The fourth-order valence-electron chi connectivity index (χ4n) is 4.74. The second kappa shape index (κ2) is 10.2. The molecule has 5 rings (SSSR count). The van der Waals surface area contributed by atoms with Crippen LogP contribution in [0.4, 0.5) is 11.4 Å². The summed E-state index contributed by atoms with van der Waals surface area (Å²) in [6, 6.07) is 13.4. The van der Waals surface area contributed by atoms with Crippen LogP contribution in [0.1, 0.15) is 34.0 Å². The molecule has 3 aromatic carbocycles. The van der Waals surface area contributed by atoms with Crippen LogP contribution >= 0.6 is 11.6 Å². The molecule has 3 N–H and O–H groups in total. The topological polar surface area (TPSA) is 126 Å². The zero-order valence-electron chi connectivity index (χ0n) is 20.3. The minimum atomic E-state index is -4.58. The van der Waals surface area contributed by atoms with Gasteiger partial charge in [0.1, 0.15) is 10.5 Å². The molecule has 0 bridgehead atoms. The number of esters is 1. The summed E-state index contributed by atoms with van der Waals surface area (Å²) >= 11 is 5.98. The number of H-pyrrole nitrogens is 1. The first-order valence-corrected chi connectivity index (χ1v) is 12.9. The molecule has 37 heavy (non-hydrogen) atoms. The van der Waals surface area contributed by atoms with Crippen LogP contribution in [0.2, 0.25) is 5.02 Å². The molecule has 1 aromatic heterocycles. The van der Waals surface area contributed by atoms with E-state index < -0.39 is 21.6 Å². The van der Waals surface area contributed by atoms with E-state index in [4.69, 9.17) is 16.3 Å². The fourth-order valence-corrected chi connectivity index (χ4v) is 5.65.